The van der Waals surface area contributed by atoms with E-state index in [0.717, 1.165) is 18.7 Å². The minimum Gasteiger partial charge on any atom is -0.313 e. The topological polar surface area (TPSA) is 37.8 Å². The van der Waals surface area contributed by atoms with Crippen molar-refractivity contribution in [1.29, 1.82) is 0 Å². The lowest BCUT2D eigenvalue weighted by Gasteiger charge is -2.36. The van der Waals surface area contributed by atoms with Crippen molar-refractivity contribution in [3.63, 3.8) is 0 Å². The molecule has 3 heteroatoms. The molecule has 0 amide bonds. The minimum absolute atomic E-state index is 0.323. The van der Waals surface area contributed by atoms with Crippen LogP contribution in [0.3, 0.4) is 0 Å². The minimum atomic E-state index is 0.323. The molecular formula is C14H23N3. The third-order valence-corrected chi connectivity index (χ3v) is 3.56. The van der Waals surface area contributed by atoms with Gasteiger partial charge in [0.1, 0.15) is 5.82 Å². The predicted molar refractivity (Wildman–Crippen MR) is 70.0 cm³/mol. The maximum atomic E-state index is 4.76. The van der Waals surface area contributed by atoms with Crippen molar-refractivity contribution in [2.45, 2.75) is 52.5 Å². The number of aromatic nitrogens is 2. The predicted octanol–water partition coefficient (Wildman–Crippen LogP) is 2.83. The second-order valence-electron chi connectivity index (χ2n) is 6.17. The summed E-state index contributed by atoms with van der Waals surface area (Å²) >= 11 is 0. The lowest BCUT2D eigenvalue weighted by molar-refractivity contribution is 0.259. The Morgan fingerprint density at radius 3 is 2.71 bits per heavy atom. The van der Waals surface area contributed by atoms with Gasteiger partial charge in [-0.15, -0.1) is 0 Å². The van der Waals surface area contributed by atoms with Gasteiger partial charge in [-0.2, -0.15) is 0 Å². The average molecular weight is 233 g/mol. The number of nitrogens with zero attached hydrogens (tertiary/aromatic N) is 2. The molecule has 0 bridgehead atoms. The van der Waals surface area contributed by atoms with E-state index in [1.165, 1.54) is 11.3 Å². The molecule has 17 heavy (non-hydrogen) atoms. The first-order valence-corrected chi connectivity index (χ1v) is 6.46. The summed E-state index contributed by atoms with van der Waals surface area (Å²) in [6, 6.07) is 0.398. The molecule has 1 aliphatic carbocycles. The lowest BCUT2D eigenvalue weighted by atomic mass is 9.74. The third kappa shape index (κ3) is 2.49. The first kappa shape index (κ1) is 12.5. The Balaban J connectivity index is 2.43. The summed E-state index contributed by atoms with van der Waals surface area (Å²) in [5.74, 6) is 1.37. The van der Waals surface area contributed by atoms with Crippen LogP contribution < -0.4 is 5.32 Å². The molecule has 1 unspecified atom stereocenters. The van der Waals surface area contributed by atoms with Crippen molar-refractivity contribution in [2.75, 3.05) is 7.05 Å². The van der Waals surface area contributed by atoms with Crippen molar-refractivity contribution >= 4 is 0 Å². The van der Waals surface area contributed by atoms with E-state index in [1.807, 2.05) is 13.2 Å². The van der Waals surface area contributed by atoms with E-state index in [2.05, 4.69) is 38.0 Å². The summed E-state index contributed by atoms with van der Waals surface area (Å²) in [5, 5.41) is 3.38. The fraction of sp³-hybridized carbons (Fsp3) is 0.714. The van der Waals surface area contributed by atoms with Crippen LogP contribution in [-0.2, 0) is 6.42 Å². The first-order valence-electron chi connectivity index (χ1n) is 6.46. The van der Waals surface area contributed by atoms with Crippen LogP contribution in [0, 0.1) is 5.41 Å². The fourth-order valence-electron chi connectivity index (χ4n) is 2.60. The normalized spacial score (nSPS) is 22.6. The van der Waals surface area contributed by atoms with Crippen LogP contribution in [0.25, 0.3) is 0 Å². The van der Waals surface area contributed by atoms with Crippen molar-refractivity contribution in [3.8, 4) is 0 Å². The molecule has 3 nitrogen and oxygen atoms in total. The Morgan fingerprint density at radius 1 is 1.41 bits per heavy atom. The molecule has 1 aromatic heterocycles. The molecule has 0 fully saturated rings. The van der Waals surface area contributed by atoms with Crippen LogP contribution in [0.15, 0.2) is 6.20 Å². The van der Waals surface area contributed by atoms with Crippen LogP contribution in [0.1, 0.15) is 63.2 Å². The van der Waals surface area contributed by atoms with E-state index in [0.29, 0.717) is 17.4 Å². The van der Waals surface area contributed by atoms with Crippen LogP contribution in [0.5, 0.6) is 0 Å². The van der Waals surface area contributed by atoms with Crippen LogP contribution >= 0.6 is 0 Å². The molecule has 2 rings (SSSR count). The average Bonchev–Trinajstić information content (AvgIpc) is 2.25. The van der Waals surface area contributed by atoms with Crippen molar-refractivity contribution in [1.82, 2.24) is 15.3 Å². The molecular weight excluding hydrogens is 210 g/mol. The van der Waals surface area contributed by atoms with Gasteiger partial charge in [-0.05, 0) is 25.3 Å². The van der Waals surface area contributed by atoms with Crippen molar-refractivity contribution in [2.24, 2.45) is 5.41 Å². The summed E-state index contributed by atoms with van der Waals surface area (Å²) in [5.41, 5.74) is 2.85. The molecule has 0 saturated heterocycles. The highest BCUT2D eigenvalue weighted by Gasteiger charge is 2.32. The van der Waals surface area contributed by atoms with E-state index in [4.69, 9.17) is 4.98 Å². The first-order chi connectivity index (χ1) is 7.93. The van der Waals surface area contributed by atoms with Gasteiger partial charge < -0.3 is 5.32 Å². The van der Waals surface area contributed by atoms with Gasteiger partial charge in [0.25, 0.3) is 0 Å². The van der Waals surface area contributed by atoms with E-state index < -0.39 is 0 Å². The largest absolute Gasteiger partial charge is 0.313 e. The Hall–Kier alpha value is -0.960. The highest BCUT2D eigenvalue weighted by molar-refractivity contribution is 5.27. The quantitative estimate of drug-likeness (QED) is 0.853. The maximum Gasteiger partial charge on any atom is 0.131 e. The van der Waals surface area contributed by atoms with Crippen molar-refractivity contribution in [3.05, 3.63) is 23.3 Å². The molecule has 0 spiro atoms. The van der Waals surface area contributed by atoms with Crippen LogP contribution in [0.2, 0.25) is 0 Å². The van der Waals surface area contributed by atoms with Crippen LogP contribution in [-0.4, -0.2) is 17.0 Å². The van der Waals surface area contributed by atoms with Crippen LogP contribution in [0.4, 0.5) is 0 Å². The third-order valence-electron chi connectivity index (χ3n) is 3.56. The fourth-order valence-corrected chi connectivity index (χ4v) is 2.60. The van der Waals surface area contributed by atoms with Gasteiger partial charge >= 0.3 is 0 Å². The van der Waals surface area contributed by atoms with Gasteiger partial charge in [0.15, 0.2) is 0 Å². The van der Waals surface area contributed by atoms with E-state index in [-0.39, 0.29) is 0 Å². The van der Waals surface area contributed by atoms with Gasteiger partial charge in [-0.3, -0.25) is 0 Å². The zero-order chi connectivity index (χ0) is 12.6. The second-order valence-corrected chi connectivity index (χ2v) is 6.17. The highest BCUT2D eigenvalue weighted by atomic mass is 14.9. The van der Waals surface area contributed by atoms with E-state index in [9.17, 15) is 0 Å². The number of hydrogen-bond acceptors (Lipinski definition) is 3. The summed E-state index contributed by atoms with van der Waals surface area (Å²) in [6.45, 7) is 8.92. The van der Waals surface area contributed by atoms with Gasteiger partial charge in [0.2, 0.25) is 0 Å². The molecule has 0 radical (unpaired) electrons. The van der Waals surface area contributed by atoms with Gasteiger partial charge in [0, 0.05) is 29.4 Å². The molecule has 94 valence electrons. The maximum absolute atomic E-state index is 4.76. The summed E-state index contributed by atoms with van der Waals surface area (Å²) < 4.78 is 0. The Labute approximate surface area is 104 Å². The van der Waals surface area contributed by atoms with Gasteiger partial charge in [0.05, 0.1) is 0 Å². The summed E-state index contributed by atoms with van der Waals surface area (Å²) in [4.78, 5) is 9.24. The number of fused-ring (bicyclic) bond motifs is 1. The zero-order valence-corrected chi connectivity index (χ0v) is 11.5. The molecule has 1 aromatic rings. The molecule has 0 aromatic carbocycles. The Kier molecular flexibility index (Phi) is 3.21. The Bertz CT molecular complexity index is 410. The Morgan fingerprint density at radius 2 is 2.12 bits per heavy atom. The molecule has 0 aliphatic heterocycles. The number of rotatable bonds is 2. The molecule has 1 atom stereocenters. The van der Waals surface area contributed by atoms with Crippen molar-refractivity contribution < 1.29 is 0 Å². The number of nitrogens with one attached hydrogen (secondary N) is 1. The SMILES string of the molecule is CNC1CC(C)(C)Cc2nc(C(C)C)ncc21. The molecule has 1 N–H and O–H groups in total. The monoisotopic (exact) mass is 233 g/mol. The molecule has 1 heterocycles. The van der Waals surface area contributed by atoms with E-state index >= 15 is 0 Å². The zero-order valence-electron chi connectivity index (χ0n) is 11.5. The highest BCUT2D eigenvalue weighted by Crippen LogP contribution is 2.39. The molecule has 1 aliphatic rings. The summed E-state index contributed by atoms with van der Waals surface area (Å²) in [7, 11) is 2.02. The number of hydrogen-bond donors (Lipinski definition) is 1. The van der Waals surface area contributed by atoms with E-state index in [1.54, 1.807) is 0 Å². The smallest absolute Gasteiger partial charge is 0.131 e. The second kappa shape index (κ2) is 4.37. The lowest BCUT2D eigenvalue weighted by Crippen LogP contribution is -2.32. The van der Waals surface area contributed by atoms with Gasteiger partial charge in [-0.25, -0.2) is 9.97 Å². The molecule has 0 saturated carbocycles. The summed E-state index contributed by atoms with van der Waals surface area (Å²) in [6.07, 6.45) is 4.23. The standard InChI is InChI=1S/C14H23N3/c1-9(2)13-16-8-10-11(15-5)6-14(3,4)7-12(10)17-13/h8-9,11,15H,6-7H2,1-5H3. The van der Waals surface area contributed by atoms with Gasteiger partial charge in [-0.1, -0.05) is 27.7 Å².